The minimum atomic E-state index is -3.63. The highest BCUT2D eigenvalue weighted by molar-refractivity contribution is 7.90. The van der Waals surface area contributed by atoms with Gasteiger partial charge in [-0.3, -0.25) is 9.69 Å². The number of likely N-dealkylation sites (N-methyl/N-ethyl adjacent to an activating group) is 1. The number of piperazine rings is 1. The number of sulfone groups is 1. The molecule has 1 fully saturated rings. The van der Waals surface area contributed by atoms with Crippen LogP contribution in [0, 0.1) is 11.6 Å². The van der Waals surface area contributed by atoms with E-state index in [0.717, 1.165) is 37.7 Å². The maximum Gasteiger partial charge on any atom is 0.274 e. The molecule has 6 rings (SSSR count). The first-order valence-corrected chi connectivity index (χ1v) is 16.0. The van der Waals surface area contributed by atoms with Gasteiger partial charge in [-0.15, -0.1) is 0 Å². The van der Waals surface area contributed by atoms with E-state index < -0.39 is 21.5 Å². The molecule has 11 heteroatoms. The number of aromatic amines is 1. The van der Waals surface area contributed by atoms with E-state index in [2.05, 4.69) is 34.0 Å². The Morgan fingerprint density at radius 1 is 0.932 bits per heavy atom. The van der Waals surface area contributed by atoms with Gasteiger partial charge in [-0.1, -0.05) is 30.3 Å². The molecular weight excluding hydrogens is 586 g/mol. The molecular formula is C33H32F2N4O4S. The van der Waals surface area contributed by atoms with Crippen LogP contribution in [-0.4, -0.2) is 60.7 Å². The van der Waals surface area contributed by atoms with E-state index in [0.29, 0.717) is 34.6 Å². The number of pyridine rings is 1. The zero-order chi connectivity index (χ0) is 31.2. The Bertz CT molecular complexity index is 2030. The maximum absolute atomic E-state index is 14.6. The van der Waals surface area contributed by atoms with E-state index in [1.165, 1.54) is 34.4 Å². The number of hydrogen-bond donors (Lipinski definition) is 1. The van der Waals surface area contributed by atoms with Crippen LogP contribution in [-0.2, 0) is 23.4 Å². The number of nitrogens with zero attached hydrogens (tertiary/aromatic N) is 3. The number of halogens is 2. The molecule has 3 aromatic carbocycles. The van der Waals surface area contributed by atoms with E-state index in [4.69, 9.17) is 4.74 Å². The van der Waals surface area contributed by atoms with Crippen molar-refractivity contribution in [2.75, 3.05) is 32.9 Å². The number of aromatic nitrogens is 2. The first kappa shape index (κ1) is 29.7. The van der Waals surface area contributed by atoms with Gasteiger partial charge in [-0.2, -0.15) is 0 Å². The quantitative estimate of drug-likeness (QED) is 0.260. The van der Waals surface area contributed by atoms with Gasteiger partial charge in [0.2, 0.25) is 0 Å². The molecule has 1 atom stereocenters. The Balaban J connectivity index is 1.46. The monoisotopic (exact) mass is 618 g/mol. The topological polar surface area (TPSA) is 87.6 Å². The van der Waals surface area contributed by atoms with Gasteiger partial charge < -0.3 is 19.2 Å². The largest absolute Gasteiger partial charge is 0.454 e. The first-order chi connectivity index (χ1) is 21.0. The SMILES string of the molecule is CN1CCN(Cc2cc3c(-c4cc(S(C)(=O)=O)ccc4Oc4ccc(F)cc4F)cn(C)c(=O)c3[nH]2)C(c2ccccc2)C1. The fourth-order valence-corrected chi connectivity index (χ4v) is 6.41. The Morgan fingerprint density at radius 2 is 1.68 bits per heavy atom. The van der Waals surface area contributed by atoms with E-state index in [1.54, 1.807) is 13.2 Å². The second-order valence-electron chi connectivity index (χ2n) is 11.3. The summed E-state index contributed by atoms with van der Waals surface area (Å²) in [5.41, 5.74) is 2.99. The third-order valence-corrected chi connectivity index (χ3v) is 9.17. The van der Waals surface area contributed by atoms with Gasteiger partial charge in [0, 0.05) is 80.0 Å². The highest BCUT2D eigenvalue weighted by Gasteiger charge is 2.28. The average molecular weight is 619 g/mol. The van der Waals surface area contributed by atoms with Crippen LogP contribution in [0.1, 0.15) is 17.3 Å². The smallest absolute Gasteiger partial charge is 0.274 e. The van der Waals surface area contributed by atoms with Crippen molar-refractivity contribution in [3.05, 3.63) is 112 Å². The van der Waals surface area contributed by atoms with Gasteiger partial charge >= 0.3 is 0 Å². The summed E-state index contributed by atoms with van der Waals surface area (Å²) < 4.78 is 60.6. The van der Waals surface area contributed by atoms with Crippen LogP contribution in [0.15, 0.2) is 88.7 Å². The molecule has 44 heavy (non-hydrogen) atoms. The minimum absolute atomic E-state index is 0.0281. The zero-order valence-corrected chi connectivity index (χ0v) is 25.4. The first-order valence-electron chi connectivity index (χ1n) is 14.1. The molecule has 3 heterocycles. The van der Waals surface area contributed by atoms with Crippen molar-refractivity contribution in [2.45, 2.75) is 17.5 Å². The summed E-state index contributed by atoms with van der Waals surface area (Å²) >= 11 is 0. The molecule has 228 valence electrons. The number of fused-ring (bicyclic) bond motifs is 1. The third-order valence-electron chi connectivity index (χ3n) is 8.06. The lowest BCUT2D eigenvalue weighted by Gasteiger charge is -2.40. The minimum Gasteiger partial charge on any atom is -0.454 e. The van der Waals surface area contributed by atoms with Gasteiger partial charge in [0.1, 0.15) is 17.1 Å². The van der Waals surface area contributed by atoms with Crippen molar-refractivity contribution >= 4 is 20.7 Å². The molecule has 0 aliphatic carbocycles. The van der Waals surface area contributed by atoms with E-state index in [1.807, 2.05) is 24.3 Å². The van der Waals surface area contributed by atoms with Crippen LogP contribution >= 0.6 is 0 Å². The van der Waals surface area contributed by atoms with Crippen molar-refractivity contribution in [3.63, 3.8) is 0 Å². The molecule has 1 unspecified atom stereocenters. The summed E-state index contributed by atoms with van der Waals surface area (Å²) in [6.07, 6.45) is 2.70. The summed E-state index contributed by atoms with van der Waals surface area (Å²) in [6.45, 7) is 3.14. The van der Waals surface area contributed by atoms with Crippen molar-refractivity contribution in [3.8, 4) is 22.6 Å². The average Bonchev–Trinajstić information content (AvgIpc) is 3.41. The number of H-pyrrole nitrogens is 1. The third kappa shape index (κ3) is 5.90. The van der Waals surface area contributed by atoms with Crippen molar-refractivity contribution < 1.29 is 21.9 Å². The molecule has 0 radical (unpaired) electrons. The molecule has 8 nitrogen and oxygen atoms in total. The number of aryl methyl sites for hydroxylation is 1. The van der Waals surface area contributed by atoms with Crippen LogP contribution in [0.4, 0.5) is 8.78 Å². The summed E-state index contributed by atoms with van der Waals surface area (Å²) in [4.78, 5) is 21.4. The maximum atomic E-state index is 14.6. The predicted octanol–water partition coefficient (Wildman–Crippen LogP) is 5.50. The lowest BCUT2D eigenvalue weighted by molar-refractivity contribution is 0.0825. The summed E-state index contributed by atoms with van der Waals surface area (Å²) in [7, 11) is 0.0893. The fourth-order valence-electron chi connectivity index (χ4n) is 5.76. The number of benzene rings is 3. The van der Waals surface area contributed by atoms with Gasteiger partial charge in [0.25, 0.3) is 5.56 Å². The van der Waals surface area contributed by atoms with Gasteiger partial charge in [0.05, 0.1) is 4.90 Å². The van der Waals surface area contributed by atoms with Gasteiger partial charge in [-0.05, 0) is 49.0 Å². The molecule has 0 saturated carbocycles. The van der Waals surface area contributed by atoms with Gasteiger partial charge in [0.15, 0.2) is 21.4 Å². The summed E-state index contributed by atoms with van der Waals surface area (Å²) in [5, 5.41) is 0.573. The Kier molecular flexibility index (Phi) is 7.87. The van der Waals surface area contributed by atoms with Crippen LogP contribution < -0.4 is 10.3 Å². The zero-order valence-electron chi connectivity index (χ0n) is 24.6. The second-order valence-corrected chi connectivity index (χ2v) is 13.3. The van der Waals surface area contributed by atoms with Crippen LogP contribution in [0.3, 0.4) is 0 Å². The highest BCUT2D eigenvalue weighted by Crippen LogP contribution is 2.39. The van der Waals surface area contributed by atoms with Crippen molar-refractivity contribution in [2.24, 2.45) is 7.05 Å². The van der Waals surface area contributed by atoms with Crippen molar-refractivity contribution in [1.29, 1.82) is 0 Å². The summed E-state index contributed by atoms with van der Waals surface area (Å²) in [5.74, 6) is -1.73. The highest BCUT2D eigenvalue weighted by atomic mass is 32.2. The van der Waals surface area contributed by atoms with Gasteiger partial charge in [-0.25, -0.2) is 17.2 Å². The number of ether oxygens (including phenoxy) is 1. The Morgan fingerprint density at radius 3 is 2.41 bits per heavy atom. The normalized spacial score (nSPS) is 16.4. The molecule has 0 spiro atoms. The molecule has 1 aliphatic rings. The lowest BCUT2D eigenvalue weighted by atomic mass is 10.0. The molecule has 0 bridgehead atoms. The number of rotatable bonds is 7. The molecule has 2 aromatic heterocycles. The standard InChI is InChI=1S/C33H32F2N4O4S/c1-37-13-14-39(29(20-37)21-7-5-4-6-8-21)18-23-16-26-27(19-38(2)33(40)32(26)36-23)25-17-24(44(3,41)42)10-12-30(25)43-31-11-9-22(34)15-28(31)35/h4-12,15-17,19,29,36H,13-14,18,20H2,1-3H3. The second kappa shape index (κ2) is 11.6. The molecule has 1 aliphatic heterocycles. The fraction of sp³-hybridized carbons (Fsp3) is 0.242. The summed E-state index contributed by atoms with van der Waals surface area (Å²) in [6, 6.07) is 19.6. The Labute approximate surface area is 254 Å². The van der Waals surface area contributed by atoms with E-state index >= 15 is 0 Å². The predicted molar refractivity (Wildman–Crippen MR) is 166 cm³/mol. The Hall–Kier alpha value is -4.32. The molecule has 5 aromatic rings. The molecule has 1 saturated heterocycles. The molecule has 0 amide bonds. The van der Waals surface area contributed by atoms with Crippen molar-refractivity contribution in [1.82, 2.24) is 19.4 Å². The van der Waals surface area contributed by atoms with Crippen LogP contribution in [0.25, 0.3) is 22.0 Å². The van der Waals surface area contributed by atoms with Crippen LogP contribution in [0.2, 0.25) is 0 Å². The number of nitrogens with one attached hydrogen (secondary N) is 1. The van der Waals surface area contributed by atoms with Crippen LogP contribution in [0.5, 0.6) is 11.5 Å². The van der Waals surface area contributed by atoms with E-state index in [9.17, 15) is 22.0 Å². The lowest BCUT2D eigenvalue weighted by Crippen LogP contribution is -2.46. The number of hydrogen-bond acceptors (Lipinski definition) is 6. The molecule has 1 N–H and O–H groups in total. The van der Waals surface area contributed by atoms with E-state index in [-0.39, 0.29) is 28.0 Å².